The molecule has 10 heteroatoms. The summed E-state index contributed by atoms with van der Waals surface area (Å²) in [5.74, 6) is -0.674. The molecule has 1 aliphatic carbocycles. The number of benzene rings is 1. The van der Waals surface area contributed by atoms with Gasteiger partial charge in [0, 0.05) is 17.8 Å². The van der Waals surface area contributed by atoms with Crippen molar-refractivity contribution in [1.82, 2.24) is 14.5 Å². The molecular formula is C20H17BrF4N4O. The van der Waals surface area contributed by atoms with Crippen LogP contribution in [0.15, 0.2) is 40.0 Å². The molecule has 3 aromatic rings. The van der Waals surface area contributed by atoms with Crippen molar-refractivity contribution in [2.24, 2.45) is 0 Å². The summed E-state index contributed by atoms with van der Waals surface area (Å²) in [6, 6.07) is 2.87. The fourth-order valence-electron chi connectivity index (χ4n) is 3.59. The lowest BCUT2D eigenvalue weighted by Gasteiger charge is -2.31. The first kappa shape index (κ1) is 20.8. The second-order valence-corrected chi connectivity index (χ2v) is 8.07. The number of alkyl halides is 3. The first-order chi connectivity index (χ1) is 14.3. The predicted octanol–water partition coefficient (Wildman–Crippen LogP) is 5.48. The van der Waals surface area contributed by atoms with E-state index in [1.807, 2.05) is 0 Å². The molecule has 2 heterocycles. The highest BCUT2D eigenvalue weighted by Gasteiger charge is 2.32. The summed E-state index contributed by atoms with van der Waals surface area (Å²) >= 11 is 3.26. The summed E-state index contributed by atoms with van der Waals surface area (Å²) in [6.45, 7) is 1.62. The average Bonchev–Trinajstić information content (AvgIpc) is 2.68. The van der Waals surface area contributed by atoms with Crippen LogP contribution in [0.2, 0.25) is 0 Å². The van der Waals surface area contributed by atoms with E-state index in [-0.39, 0.29) is 34.5 Å². The number of nitrogens with one attached hydrogen (secondary N) is 1. The number of aromatic nitrogens is 3. The van der Waals surface area contributed by atoms with Gasteiger partial charge < -0.3 is 9.88 Å². The van der Waals surface area contributed by atoms with E-state index < -0.39 is 30.0 Å². The lowest BCUT2D eigenvalue weighted by atomic mass is 9.90. The van der Waals surface area contributed by atoms with E-state index in [4.69, 9.17) is 0 Å². The van der Waals surface area contributed by atoms with Crippen LogP contribution in [-0.4, -0.2) is 20.7 Å². The molecule has 0 amide bonds. The van der Waals surface area contributed by atoms with Gasteiger partial charge in [-0.3, -0.25) is 4.79 Å². The van der Waals surface area contributed by atoms with Crippen LogP contribution in [0, 0.1) is 5.82 Å². The van der Waals surface area contributed by atoms with Gasteiger partial charge in [-0.1, -0.05) is 18.2 Å². The number of nitrogens with zero attached hydrogens (tertiary/aromatic N) is 3. The molecule has 1 aliphatic rings. The van der Waals surface area contributed by atoms with Crippen molar-refractivity contribution in [3.8, 4) is 0 Å². The fraction of sp³-hybridized carbons (Fsp3) is 0.350. The van der Waals surface area contributed by atoms with Crippen LogP contribution in [0.1, 0.15) is 49.4 Å². The summed E-state index contributed by atoms with van der Waals surface area (Å²) < 4.78 is 55.6. The monoisotopic (exact) mass is 484 g/mol. The molecule has 158 valence electrons. The number of rotatable bonds is 5. The Bertz CT molecular complexity index is 1160. The van der Waals surface area contributed by atoms with Crippen molar-refractivity contribution in [3.05, 3.63) is 62.5 Å². The van der Waals surface area contributed by atoms with Crippen molar-refractivity contribution >= 4 is 32.7 Å². The van der Waals surface area contributed by atoms with Gasteiger partial charge in [0.15, 0.2) is 0 Å². The molecular weight excluding hydrogens is 468 g/mol. The fourth-order valence-corrected chi connectivity index (χ4v) is 4.11. The van der Waals surface area contributed by atoms with Gasteiger partial charge in [0.2, 0.25) is 0 Å². The van der Waals surface area contributed by atoms with Gasteiger partial charge in [-0.15, -0.1) is 0 Å². The van der Waals surface area contributed by atoms with E-state index in [0.29, 0.717) is 16.7 Å². The van der Waals surface area contributed by atoms with Crippen LogP contribution >= 0.6 is 15.9 Å². The maximum atomic E-state index is 14.5. The third kappa shape index (κ3) is 3.57. The molecule has 0 saturated heterocycles. The Hall–Kier alpha value is -2.49. The van der Waals surface area contributed by atoms with E-state index >= 15 is 0 Å². The van der Waals surface area contributed by atoms with Crippen molar-refractivity contribution < 1.29 is 17.6 Å². The van der Waals surface area contributed by atoms with Gasteiger partial charge >= 0.3 is 0 Å². The SMILES string of the molecule is C[C@@H](Nc1ncnc2c(Br)c(=O)n([C@H]3C[C@H](F)C3)cc12)c1cccc(C(F)F)c1F. The molecule has 1 saturated carbocycles. The molecule has 0 bridgehead atoms. The largest absolute Gasteiger partial charge is 0.363 e. The summed E-state index contributed by atoms with van der Waals surface area (Å²) in [4.78, 5) is 20.9. The number of pyridine rings is 1. The molecule has 2 aromatic heterocycles. The molecule has 1 aromatic carbocycles. The Balaban J connectivity index is 1.75. The molecule has 5 nitrogen and oxygen atoms in total. The molecule has 30 heavy (non-hydrogen) atoms. The van der Waals surface area contributed by atoms with Gasteiger partial charge in [0.05, 0.1) is 22.5 Å². The van der Waals surface area contributed by atoms with Crippen LogP contribution in [0.25, 0.3) is 10.9 Å². The zero-order valence-electron chi connectivity index (χ0n) is 15.8. The highest BCUT2D eigenvalue weighted by Crippen LogP contribution is 2.36. The maximum absolute atomic E-state index is 14.5. The lowest BCUT2D eigenvalue weighted by molar-refractivity contribution is 0.134. The summed E-state index contributed by atoms with van der Waals surface area (Å²) in [6.07, 6.45) is -0.568. The van der Waals surface area contributed by atoms with E-state index in [2.05, 4.69) is 31.2 Å². The van der Waals surface area contributed by atoms with Crippen LogP contribution in [-0.2, 0) is 0 Å². The molecule has 0 radical (unpaired) electrons. The molecule has 0 aliphatic heterocycles. The summed E-state index contributed by atoms with van der Waals surface area (Å²) in [5.41, 5.74) is -0.589. The zero-order chi connectivity index (χ0) is 21.6. The Kier molecular flexibility index (Phi) is 5.52. The van der Waals surface area contributed by atoms with E-state index in [9.17, 15) is 22.4 Å². The van der Waals surface area contributed by atoms with Crippen molar-refractivity contribution in [2.45, 2.75) is 44.4 Å². The van der Waals surface area contributed by atoms with Crippen molar-refractivity contribution in [2.75, 3.05) is 5.32 Å². The number of hydrogen-bond donors (Lipinski definition) is 1. The third-order valence-corrected chi connectivity index (χ3v) is 6.06. The standard InChI is InChI=1S/C20H17BrF4N4O/c1-9(12-3-2-4-13(16(12)23)18(24)25)28-19-14-7-29(11-5-10(22)6-11)20(30)15(21)17(14)26-8-27-19/h2-4,7-11,18H,5-6H2,1H3,(H,26,27,28)/t9-,10-,11-/m1/s1. The van der Waals surface area contributed by atoms with Crippen LogP contribution in [0.4, 0.5) is 23.4 Å². The number of fused-ring (bicyclic) bond motifs is 1. The number of anilines is 1. The highest BCUT2D eigenvalue weighted by molar-refractivity contribution is 9.10. The minimum Gasteiger partial charge on any atom is -0.363 e. The van der Waals surface area contributed by atoms with Gasteiger partial charge in [0.1, 0.15) is 28.6 Å². The van der Waals surface area contributed by atoms with Crippen LogP contribution in [0.5, 0.6) is 0 Å². The normalized spacial score (nSPS) is 19.7. The smallest absolute Gasteiger partial charge is 0.267 e. The van der Waals surface area contributed by atoms with E-state index in [1.165, 1.54) is 23.0 Å². The molecule has 1 fully saturated rings. The van der Waals surface area contributed by atoms with Gasteiger partial charge in [-0.25, -0.2) is 27.5 Å². The molecule has 0 spiro atoms. The number of hydrogen-bond acceptors (Lipinski definition) is 4. The van der Waals surface area contributed by atoms with Crippen molar-refractivity contribution in [3.63, 3.8) is 0 Å². The lowest BCUT2D eigenvalue weighted by Crippen LogP contribution is -2.35. The summed E-state index contributed by atoms with van der Waals surface area (Å²) in [7, 11) is 0. The van der Waals surface area contributed by atoms with Crippen molar-refractivity contribution in [1.29, 1.82) is 0 Å². The summed E-state index contributed by atoms with van der Waals surface area (Å²) in [5, 5.41) is 3.50. The molecule has 4 rings (SSSR count). The Labute approximate surface area is 177 Å². The van der Waals surface area contributed by atoms with E-state index in [0.717, 1.165) is 6.07 Å². The average molecular weight is 485 g/mol. The topological polar surface area (TPSA) is 59.8 Å². The quantitative estimate of drug-likeness (QED) is 0.487. The second kappa shape index (κ2) is 7.98. The van der Waals surface area contributed by atoms with E-state index in [1.54, 1.807) is 13.1 Å². The first-order valence-corrected chi connectivity index (χ1v) is 10.1. The second-order valence-electron chi connectivity index (χ2n) is 7.28. The molecule has 1 N–H and O–H groups in total. The Morgan fingerprint density at radius 3 is 2.60 bits per heavy atom. The molecule has 1 atom stereocenters. The first-order valence-electron chi connectivity index (χ1n) is 9.30. The van der Waals surface area contributed by atoms with Gasteiger partial charge in [-0.05, 0) is 35.7 Å². The van der Waals surface area contributed by atoms with Gasteiger partial charge in [0.25, 0.3) is 12.0 Å². The zero-order valence-corrected chi connectivity index (χ0v) is 17.3. The predicted molar refractivity (Wildman–Crippen MR) is 108 cm³/mol. The third-order valence-electron chi connectivity index (χ3n) is 5.34. The Morgan fingerprint density at radius 2 is 1.93 bits per heavy atom. The highest BCUT2D eigenvalue weighted by atomic mass is 79.9. The van der Waals surface area contributed by atoms with Gasteiger partial charge in [-0.2, -0.15) is 0 Å². The minimum absolute atomic E-state index is 0.0613. The number of halogens is 5. The minimum atomic E-state index is -2.93. The van der Waals surface area contributed by atoms with Crippen LogP contribution in [0.3, 0.4) is 0 Å². The molecule has 0 unspecified atom stereocenters. The maximum Gasteiger partial charge on any atom is 0.267 e. The Morgan fingerprint density at radius 1 is 1.23 bits per heavy atom. The van der Waals surface area contributed by atoms with Crippen LogP contribution < -0.4 is 10.9 Å².